The number of para-hydroxylation sites is 5. The number of rotatable bonds is 2. The largest absolute Gasteiger partial charge is 0.456 e. The van der Waals surface area contributed by atoms with E-state index in [9.17, 15) is 0 Å². The third-order valence-corrected chi connectivity index (χ3v) is 10.4. The fourth-order valence-corrected chi connectivity index (χ4v) is 8.26. The van der Waals surface area contributed by atoms with Crippen molar-refractivity contribution >= 4 is 93.1 Å². The quantitative estimate of drug-likeness (QED) is 0.192. The summed E-state index contributed by atoms with van der Waals surface area (Å²) < 4.78 is 11.1. The third-order valence-electron chi connectivity index (χ3n) is 10.4. The van der Waals surface area contributed by atoms with Crippen LogP contribution < -0.4 is 0 Å². The zero-order valence-electron chi connectivity index (χ0n) is 26.1. The average molecular weight is 625 g/mol. The molecule has 0 aliphatic carbocycles. The van der Waals surface area contributed by atoms with E-state index in [1.807, 2.05) is 36.4 Å². The zero-order valence-corrected chi connectivity index (χ0v) is 26.1. The van der Waals surface area contributed by atoms with Gasteiger partial charge in [-0.1, -0.05) is 78.9 Å². The Morgan fingerprint density at radius 1 is 0.429 bits per heavy atom. The van der Waals surface area contributed by atoms with Gasteiger partial charge in [0.25, 0.3) is 0 Å². The van der Waals surface area contributed by atoms with Crippen LogP contribution in [-0.4, -0.2) is 18.9 Å². The van der Waals surface area contributed by atoms with E-state index in [1.165, 1.54) is 32.6 Å². The van der Waals surface area contributed by atoms with Gasteiger partial charge in [-0.05, 0) is 71.8 Å². The molecular formula is C44H24N4O. The molecule has 0 fully saturated rings. The van der Waals surface area contributed by atoms with Crippen molar-refractivity contribution in [1.29, 1.82) is 0 Å². The molecule has 0 bridgehead atoms. The summed E-state index contributed by atoms with van der Waals surface area (Å²) in [4.78, 5) is 10.4. The summed E-state index contributed by atoms with van der Waals surface area (Å²) in [5.41, 5.74) is 13.4. The molecule has 5 aromatic heterocycles. The van der Waals surface area contributed by atoms with Crippen molar-refractivity contribution in [2.24, 2.45) is 0 Å². The highest BCUT2D eigenvalue weighted by atomic mass is 16.3. The Morgan fingerprint density at radius 2 is 1.16 bits per heavy atom. The van der Waals surface area contributed by atoms with Crippen LogP contribution in [0.25, 0.3) is 110 Å². The van der Waals surface area contributed by atoms with Gasteiger partial charge in [-0.15, -0.1) is 0 Å². The topological polar surface area (TPSA) is 48.3 Å². The molecule has 5 nitrogen and oxygen atoms in total. The van der Waals surface area contributed by atoms with Crippen LogP contribution in [0.4, 0.5) is 0 Å². The van der Waals surface area contributed by atoms with Crippen molar-refractivity contribution in [1.82, 2.24) is 18.9 Å². The Balaban J connectivity index is 1.22. The van der Waals surface area contributed by atoms with Gasteiger partial charge in [-0.3, -0.25) is 4.40 Å². The smallest absolute Gasteiger partial charge is 0.165 e. The molecule has 226 valence electrons. The fraction of sp³-hybridized carbons (Fsp3) is 0. The number of benzene rings is 7. The van der Waals surface area contributed by atoms with Gasteiger partial charge in [-0.25, -0.2) is 9.97 Å². The minimum absolute atomic E-state index is 0.862. The van der Waals surface area contributed by atoms with Gasteiger partial charge in [0.05, 0.1) is 33.1 Å². The first-order valence-corrected chi connectivity index (χ1v) is 16.6. The molecule has 0 atom stereocenters. The zero-order chi connectivity index (χ0) is 31.8. The number of hydrogen-bond donors (Lipinski definition) is 0. The van der Waals surface area contributed by atoms with E-state index in [0.717, 1.165) is 77.4 Å². The molecule has 0 aliphatic heterocycles. The van der Waals surface area contributed by atoms with Crippen molar-refractivity contribution in [3.05, 3.63) is 146 Å². The van der Waals surface area contributed by atoms with Crippen molar-refractivity contribution in [2.75, 3.05) is 0 Å². The maximum absolute atomic E-state index is 6.39. The summed E-state index contributed by atoms with van der Waals surface area (Å²) in [5.74, 6) is 0. The average Bonchev–Trinajstić information content (AvgIpc) is 3.88. The summed E-state index contributed by atoms with van der Waals surface area (Å²) in [6, 6.07) is 51.8. The van der Waals surface area contributed by atoms with Gasteiger partial charge in [0, 0.05) is 49.5 Å². The molecule has 7 aromatic carbocycles. The number of aromatic nitrogens is 4. The second-order valence-electron chi connectivity index (χ2n) is 13.0. The molecule has 5 heterocycles. The lowest BCUT2D eigenvalue weighted by Gasteiger charge is -2.09. The summed E-state index contributed by atoms with van der Waals surface area (Å²) in [6.07, 6.45) is 0. The molecule has 0 radical (unpaired) electrons. The number of fused-ring (bicyclic) bond motifs is 13. The van der Waals surface area contributed by atoms with E-state index >= 15 is 0 Å². The second kappa shape index (κ2) is 9.00. The van der Waals surface area contributed by atoms with Crippen LogP contribution in [0.2, 0.25) is 0 Å². The highest BCUT2D eigenvalue weighted by Crippen LogP contribution is 2.44. The number of hydrogen-bond acceptors (Lipinski definition) is 3. The van der Waals surface area contributed by atoms with Crippen LogP contribution in [-0.2, 0) is 0 Å². The Morgan fingerprint density at radius 3 is 2.06 bits per heavy atom. The van der Waals surface area contributed by atoms with Crippen molar-refractivity contribution in [3.63, 3.8) is 0 Å². The highest BCUT2D eigenvalue weighted by Gasteiger charge is 2.23. The first-order valence-electron chi connectivity index (χ1n) is 16.6. The van der Waals surface area contributed by atoms with Crippen LogP contribution >= 0.6 is 0 Å². The maximum Gasteiger partial charge on any atom is 0.165 e. The van der Waals surface area contributed by atoms with Gasteiger partial charge < -0.3 is 8.98 Å². The Bertz CT molecular complexity index is 3330. The molecule has 0 saturated carbocycles. The second-order valence-corrected chi connectivity index (χ2v) is 13.0. The van der Waals surface area contributed by atoms with Gasteiger partial charge in [-0.2, -0.15) is 0 Å². The van der Waals surface area contributed by atoms with Crippen LogP contribution in [0, 0.1) is 0 Å². The van der Waals surface area contributed by atoms with E-state index < -0.39 is 0 Å². The molecule has 49 heavy (non-hydrogen) atoms. The van der Waals surface area contributed by atoms with Crippen molar-refractivity contribution in [3.8, 4) is 16.8 Å². The van der Waals surface area contributed by atoms with Crippen LogP contribution in [0.5, 0.6) is 0 Å². The molecule has 0 amide bonds. The van der Waals surface area contributed by atoms with Crippen LogP contribution in [0.15, 0.2) is 150 Å². The number of nitrogens with zero attached hydrogens (tertiary/aromatic N) is 4. The van der Waals surface area contributed by atoms with Gasteiger partial charge in [0.15, 0.2) is 5.65 Å². The Labute approximate surface area is 278 Å². The van der Waals surface area contributed by atoms with Crippen molar-refractivity contribution < 1.29 is 4.42 Å². The minimum Gasteiger partial charge on any atom is -0.456 e. The van der Waals surface area contributed by atoms with E-state index in [4.69, 9.17) is 14.4 Å². The van der Waals surface area contributed by atoms with Gasteiger partial charge >= 0.3 is 0 Å². The summed E-state index contributed by atoms with van der Waals surface area (Å²) in [5, 5.41) is 8.19. The van der Waals surface area contributed by atoms with E-state index in [2.05, 4.69) is 118 Å². The normalized spacial score (nSPS) is 12.5. The van der Waals surface area contributed by atoms with E-state index in [-0.39, 0.29) is 0 Å². The van der Waals surface area contributed by atoms with Crippen LogP contribution in [0.3, 0.4) is 0 Å². The lowest BCUT2D eigenvalue weighted by Crippen LogP contribution is -1.93. The van der Waals surface area contributed by atoms with Gasteiger partial charge in [0.1, 0.15) is 16.7 Å². The summed E-state index contributed by atoms with van der Waals surface area (Å²) in [6.45, 7) is 0. The predicted molar refractivity (Wildman–Crippen MR) is 201 cm³/mol. The summed E-state index contributed by atoms with van der Waals surface area (Å²) >= 11 is 0. The minimum atomic E-state index is 0.862. The standard InChI is InChI=1S/C44H24N4O/c1-2-10-27(11-3-1)47-37-16-8-4-12-28(37)29-19-18-25(22-38(29)47)26-20-33-31-23-32-30-13-5-9-17-40(30)49-41(32)24-39(31)48-43(33)34(21-26)42-44(48)46-36-15-7-6-14-35(36)45-42/h1-24H. The van der Waals surface area contributed by atoms with Gasteiger partial charge in [0.2, 0.25) is 0 Å². The Kier molecular flexibility index (Phi) is 4.66. The summed E-state index contributed by atoms with van der Waals surface area (Å²) in [7, 11) is 0. The molecule has 12 aromatic rings. The van der Waals surface area contributed by atoms with Crippen molar-refractivity contribution in [2.45, 2.75) is 0 Å². The highest BCUT2D eigenvalue weighted by molar-refractivity contribution is 6.26. The van der Waals surface area contributed by atoms with E-state index in [1.54, 1.807) is 0 Å². The molecule has 0 saturated heterocycles. The first-order chi connectivity index (χ1) is 24.3. The molecule has 0 N–H and O–H groups in total. The fourth-order valence-electron chi connectivity index (χ4n) is 8.26. The third kappa shape index (κ3) is 3.28. The lowest BCUT2D eigenvalue weighted by molar-refractivity contribution is 0.669. The SMILES string of the molecule is c1ccc(-n2c3ccccc3c3ccc(-c4cc5c6cc7c(cc6n6c8nc9ccccc9nc8c(c4)c56)oc4ccccc47)cc32)cc1. The number of furan rings is 1. The lowest BCUT2D eigenvalue weighted by atomic mass is 9.98. The molecule has 0 aliphatic rings. The monoisotopic (exact) mass is 624 g/mol. The van der Waals surface area contributed by atoms with E-state index in [0.29, 0.717) is 0 Å². The molecule has 12 rings (SSSR count). The molecule has 5 heteroatoms. The molecule has 0 spiro atoms. The first kappa shape index (κ1) is 25.4. The molecule has 0 unspecified atom stereocenters. The maximum atomic E-state index is 6.39. The Hall–Kier alpha value is -6.72. The van der Waals surface area contributed by atoms with Crippen LogP contribution in [0.1, 0.15) is 0 Å². The predicted octanol–water partition coefficient (Wildman–Crippen LogP) is 11.4. The molecular weight excluding hydrogens is 601 g/mol.